The minimum absolute atomic E-state index is 0.474. The van der Waals surface area contributed by atoms with Crippen molar-refractivity contribution in [3.63, 3.8) is 0 Å². The first-order valence-electron chi connectivity index (χ1n) is 5.07. The van der Waals surface area contributed by atoms with Crippen LogP contribution in [0.5, 0.6) is 0 Å². The molecule has 90 valence electrons. The molecule has 0 fully saturated rings. The Morgan fingerprint density at radius 2 is 2.24 bits per heavy atom. The third-order valence-electron chi connectivity index (χ3n) is 2.30. The van der Waals surface area contributed by atoms with Crippen LogP contribution < -0.4 is 0 Å². The summed E-state index contributed by atoms with van der Waals surface area (Å²) >= 11 is 4.99. The normalized spacial score (nSPS) is 12.7. The molecular formula is C11H12BrN3OS. The van der Waals surface area contributed by atoms with Crippen LogP contribution in [0, 0.1) is 0 Å². The highest BCUT2D eigenvalue weighted by molar-refractivity contribution is 9.10. The summed E-state index contributed by atoms with van der Waals surface area (Å²) in [6.07, 6.45) is 1.06. The van der Waals surface area contributed by atoms with Crippen LogP contribution in [0.3, 0.4) is 0 Å². The number of rotatable bonds is 3. The number of aryl methyl sites for hydroxylation is 1. The fourth-order valence-corrected chi connectivity index (χ4v) is 3.06. The number of hydrogen-bond donors (Lipinski definition) is 1. The molecule has 17 heavy (non-hydrogen) atoms. The van der Waals surface area contributed by atoms with Crippen LogP contribution in [0.15, 0.2) is 39.1 Å². The number of aliphatic hydroxyl groups is 1. The summed E-state index contributed by atoms with van der Waals surface area (Å²) in [5, 5.41) is 14.4. The van der Waals surface area contributed by atoms with E-state index in [4.69, 9.17) is 0 Å². The summed E-state index contributed by atoms with van der Waals surface area (Å²) < 4.78 is 2.63. The van der Waals surface area contributed by atoms with Gasteiger partial charge in [0.25, 0.3) is 0 Å². The summed E-state index contributed by atoms with van der Waals surface area (Å²) in [4.78, 5) is 5.20. The van der Waals surface area contributed by atoms with E-state index in [1.165, 1.54) is 18.1 Å². The van der Waals surface area contributed by atoms with Gasteiger partial charge in [0.1, 0.15) is 6.33 Å². The Morgan fingerprint density at radius 1 is 1.47 bits per heavy atom. The molecule has 0 radical (unpaired) electrons. The molecule has 2 aromatic rings. The Bertz CT molecular complexity index is 527. The zero-order valence-electron chi connectivity index (χ0n) is 9.46. The number of halogens is 1. The summed E-state index contributed by atoms with van der Waals surface area (Å²) in [5.74, 6) is 0. The molecule has 1 aromatic carbocycles. The first kappa shape index (κ1) is 12.6. The molecule has 0 saturated carbocycles. The first-order valence-corrected chi connectivity index (χ1v) is 6.68. The van der Waals surface area contributed by atoms with Gasteiger partial charge in [0.05, 0.1) is 6.10 Å². The predicted octanol–water partition coefficient (Wildman–Crippen LogP) is 2.78. The van der Waals surface area contributed by atoms with E-state index in [2.05, 4.69) is 26.0 Å². The van der Waals surface area contributed by atoms with E-state index in [0.29, 0.717) is 0 Å². The number of hydrogen-bond acceptors (Lipinski definition) is 4. The number of benzene rings is 1. The summed E-state index contributed by atoms with van der Waals surface area (Å²) in [6.45, 7) is 1.75. The van der Waals surface area contributed by atoms with Crippen LogP contribution in [-0.2, 0) is 7.05 Å². The molecule has 0 saturated heterocycles. The van der Waals surface area contributed by atoms with Gasteiger partial charge in [-0.25, -0.2) is 9.67 Å². The minimum Gasteiger partial charge on any atom is -0.389 e. The van der Waals surface area contributed by atoms with Crippen molar-refractivity contribution in [3.8, 4) is 0 Å². The van der Waals surface area contributed by atoms with Gasteiger partial charge in [0.15, 0.2) is 5.16 Å². The van der Waals surface area contributed by atoms with Crippen molar-refractivity contribution in [2.75, 3.05) is 0 Å². The molecule has 0 aliphatic carbocycles. The fraction of sp³-hybridized carbons (Fsp3) is 0.273. The van der Waals surface area contributed by atoms with E-state index in [0.717, 1.165) is 20.1 Å². The Balaban J connectivity index is 2.24. The molecule has 0 aliphatic rings. The molecule has 0 bridgehead atoms. The second-order valence-corrected chi connectivity index (χ2v) is 5.52. The maximum Gasteiger partial charge on any atom is 0.190 e. The Labute approximate surface area is 112 Å². The van der Waals surface area contributed by atoms with Crippen molar-refractivity contribution in [3.05, 3.63) is 34.6 Å². The van der Waals surface area contributed by atoms with E-state index < -0.39 is 6.10 Å². The molecule has 0 amide bonds. The van der Waals surface area contributed by atoms with Gasteiger partial charge >= 0.3 is 0 Å². The van der Waals surface area contributed by atoms with Gasteiger partial charge in [-0.3, -0.25) is 0 Å². The van der Waals surface area contributed by atoms with Crippen LogP contribution in [0.1, 0.15) is 18.6 Å². The fourth-order valence-electron chi connectivity index (χ4n) is 1.39. The Morgan fingerprint density at radius 3 is 2.76 bits per heavy atom. The summed E-state index contributed by atoms with van der Waals surface area (Å²) in [7, 11) is 1.86. The van der Waals surface area contributed by atoms with E-state index in [9.17, 15) is 5.11 Å². The lowest BCUT2D eigenvalue weighted by atomic mass is 10.1. The van der Waals surface area contributed by atoms with Crippen molar-refractivity contribution in [1.82, 2.24) is 14.8 Å². The van der Waals surface area contributed by atoms with Crippen LogP contribution in [0.2, 0.25) is 0 Å². The van der Waals surface area contributed by atoms with Crippen molar-refractivity contribution in [2.45, 2.75) is 23.1 Å². The van der Waals surface area contributed by atoms with Gasteiger partial charge in [-0.15, -0.1) is 0 Å². The monoisotopic (exact) mass is 313 g/mol. The van der Waals surface area contributed by atoms with Crippen molar-refractivity contribution in [1.29, 1.82) is 0 Å². The second kappa shape index (κ2) is 5.20. The molecular weight excluding hydrogens is 302 g/mol. The zero-order chi connectivity index (χ0) is 12.4. The van der Waals surface area contributed by atoms with E-state index in [1.807, 2.05) is 25.2 Å². The summed E-state index contributed by atoms with van der Waals surface area (Å²) in [5.41, 5.74) is 0.882. The maximum absolute atomic E-state index is 9.53. The topological polar surface area (TPSA) is 50.9 Å². The van der Waals surface area contributed by atoms with Crippen LogP contribution in [0.25, 0.3) is 0 Å². The quantitative estimate of drug-likeness (QED) is 0.946. The molecule has 1 N–H and O–H groups in total. The third-order valence-corrected chi connectivity index (χ3v) is 4.03. The predicted molar refractivity (Wildman–Crippen MR) is 69.9 cm³/mol. The van der Waals surface area contributed by atoms with Gasteiger partial charge in [-0.2, -0.15) is 5.10 Å². The lowest BCUT2D eigenvalue weighted by Gasteiger charge is -2.09. The molecule has 1 heterocycles. The van der Waals surface area contributed by atoms with Gasteiger partial charge < -0.3 is 5.11 Å². The highest BCUT2D eigenvalue weighted by atomic mass is 79.9. The lowest BCUT2D eigenvalue weighted by molar-refractivity contribution is 0.198. The number of aliphatic hydroxyl groups excluding tert-OH is 1. The van der Waals surface area contributed by atoms with E-state index in [-0.39, 0.29) is 0 Å². The highest BCUT2D eigenvalue weighted by Gasteiger charge is 2.09. The highest BCUT2D eigenvalue weighted by Crippen LogP contribution is 2.31. The average Bonchev–Trinajstić information content (AvgIpc) is 2.64. The largest absolute Gasteiger partial charge is 0.389 e. The molecule has 0 spiro atoms. The zero-order valence-corrected chi connectivity index (χ0v) is 11.9. The third kappa shape index (κ3) is 2.88. The Kier molecular flexibility index (Phi) is 3.86. The van der Waals surface area contributed by atoms with Crippen LogP contribution in [-0.4, -0.2) is 19.9 Å². The van der Waals surface area contributed by atoms with Crippen LogP contribution in [0.4, 0.5) is 0 Å². The lowest BCUT2D eigenvalue weighted by Crippen LogP contribution is -1.94. The van der Waals surface area contributed by atoms with Gasteiger partial charge in [-0.1, -0.05) is 33.8 Å². The molecule has 1 aromatic heterocycles. The van der Waals surface area contributed by atoms with Crippen LogP contribution >= 0.6 is 27.7 Å². The van der Waals surface area contributed by atoms with Crippen molar-refractivity contribution >= 4 is 27.7 Å². The van der Waals surface area contributed by atoms with Gasteiger partial charge in [0, 0.05) is 16.4 Å². The molecule has 0 aliphatic heterocycles. The smallest absolute Gasteiger partial charge is 0.190 e. The maximum atomic E-state index is 9.53. The summed E-state index contributed by atoms with van der Waals surface area (Å²) in [6, 6.07) is 5.85. The minimum atomic E-state index is -0.474. The number of nitrogens with zero attached hydrogens (tertiary/aromatic N) is 3. The first-order chi connectivity index (χ1) is 8.08. The van der Waals surface area contributed by atoms with E-state index in [1.54, 1.807) is 11.6 Å². The molecule has 0 unspecified atom stereocenters. The standard InChI is InChI=1S/C11H12BrN3OS/c1-7(16)9-4-3-8(5-10(9)12)17-11-13-6-14-15(11)2/h3-7,16H,1-2H3/t7-/m0/s1. The second-order valence-electron chi connectivity index (χ2n) is 3.63. The average molecular weight is 314 g/mol. The number of aromatic nitrogens is 3. The van der Waals surface area contributed by atoms with Gasteiger partial charge in [-0.05, 0) is 24.6 Å². The molecule has 4 nitrogen and oxygen atoms in total. The molecule has 1 atom stereocenters. The molecule has 6 heteroatoms. The Hall–Kier alpha value is -0.850. The van der Waals surface area contributed by atoms with E-state index >= 15 is 0 Å². The molecule has 2 rings (SSSR count). The van der Waals surface area contributed by atoms with Crippen molar-refractivity contribution < 1.29 is 5.11 Å². The van der Waals surface area contributed by atoms with Gasteiger partial charge in [0.2, 0.25) is 0 Å². The van der Waals surface area contributed by atoms with Crippen molar-refractivity contribution in [2.24, 2.45) is 7.05 Å². The SMILES string of the molecule is C[C@H](O)c1ccc(Sc2ncnn2C)cc1Br.